The lowest BCUT2D eigenvalue weighted by molar-refractivity contribution is -0.137. The van der Waals surface area contributed by atoms with Crippen LogP contribution in [0.2, 0.25) is 5.02 Å². The summed E-state index contributed by atoms with van der Waals surface area (Å²) in [6.07, 6.45) is 0.161. The van der Waals surface area contributed by atoms with Crippen LogP contribution in [-0.2, 0) is 21.4 Å². The number of aliphatic carboxylic acids is 1. The molecule has 0 saturated carbocycles. The van der Waals surface area contributed by atoms with E-state index in [4.69, 9.17) is 16.7 Å². The molecule has 5 nitrogen and oxygen atoms in total. The van der Waals surface area contributed by atoms with Crippen LogP contribution in [0, 0.1) is 6.92 Å². The SMILES string of the molecule is Cc1ccc(S(=O)(=O)N(CCCC(=O)O)Cc2ccc(Cl)cc2)cc1. The van der Waals surface area contributed by atoms with E-state index < -0.39 is 16.0 Å². The molecule has 0 aliphatic heterocycles. The Morgan fingerprint density at radius 1 is 1.08 bits per heavy atom. The van der Waals surface area contributed by atoms with Crippen molar-refractivity contribution in [1.82, 2.24) is 4.31 Å². The molecular weight excluding hydrogens is 362 g/mol. The molecule has 7 heteroatoms. The third-order valence-electron chi connectivity index (χ3n) is 3.73. The molecule has 2 rings (SSSR count). The van der Waals surface area contributed by atoms with Gasteiger partial charge >= 0.3 is 5.97 Å². The Morgan fingerprint density at radius 3 is 2.24 bits per heavy atom. The normalized spacial score (nSPS) is 11.6. The van der Waals surface area contributed by atoms with Crippen molar-refractivity contribution in [3.63, 3.8) is 0 Å². The van der Waals surface area contributed by atoms with Gasteiger partial charge in [0, 0.05) is 24.5 Å². The fraction of sp³-hybridized carbons (Fsp3) is 0.278. The van der Waals surface area contributed by atoms with Gasteiger partial charge in [0.15, 0.2) is 0 Å². The summed E-state index contributed by atoms with van der Waals surface area (Å²) in [5.74, 6) is -0.945. The molecule has 0 fully saturated rings. The molecule has 1 N–H and O–H groups in total. The van der Waals surface area contributed by atoms with Crippen LogP contribution in [0.3, 0.4) is 0 Å². The number of carboxylic acids is 1. The fourth-order valence-electron chi connectivity index (χ4n) is 2.34. The predicted octanol–water partition coefficient (Wildman–Crippen LogP) is 3.70. The second-order valence-electron chi connectivity index (χ2n) is 5.78. The number of hydrogen-bond acceptors (Lipinski definition) is 3. The summed E-state index contributed by atoms with van der Waals surface area (Å²) in [7, 11) is -3.72. The summed E-state index contributed by atoms with van der Waals surface area (Å²) >= 11 is 5.87. The minimum Gasteiger partial charge on any atom is -0.481 e. The van der Waals surface area contributed by atoms with Crippen molar-refractivity contribution >= 4 is 27.6 Å². The topological polar surface area (TPSA) is 74.7 Å². The largest absolute Gasteiger partial charge is 0.481 e. The van der Waals surface area contributed by atoms with E-state index in [1.165, 1.54) is 4.31 Å². The molecule has 0 saturated heterocycles. The zero-order valence-electron chi connectivity index (χ0n) is 13.9. The summed E-state index contributed by atoms with van der Waals surface area (Å²) in [6.45, 7) is 2.17. The van der Waals surface area contributed by atoms with E-state index >= 15 is 0 Å². The molecule has 0 aromatic heterocycles. The molecule has 134 valence electrons. The Bertz CT molecular complexity index is 817. The Hall–Kier alpha value is -1.89. The molecule has 0 unspecified atom stereocenters. The highest BCUT2D eigenvalue weighted by molar-refractivity contribution is 7.89. The highest BCUT2D eigenvalue weighted by Gasteiger charge is 2.24. The first-order valence-electron chi connectivity index (χ1n) is 7.82. The van der Waals surface area contributed by atoms with Crippen molar-refractivity contribution in [2.45, 2.75) is 31.2 Å². The lowest BCUT2D eigenvalue weighted by atomic mass is 10.2. The maximum absolute atomic E-state index is 12.9. The van der Waals surface area contributed by atoms with Gasteiger partial charge in [-0.3, -0.25) is 4.79 Å². The third kappa shape index (κ3) is 5.56. The van der Waals surface area contributed by atoms with Crippen LogP contribution in [0.1, 0.15) is 24.0 Å². The smallest absolute Gasteiger partial charge is 0.303 e. The van der Waals surface area contributed by atoms with Crippen LogP contribution < -0.4 is 0 Å². The quantitative estimate of drug-likeness (QED) is 0.756. The van der Waals surface area contributed by atoms with Gasteiger partial charge in [-0.15, -0.1) is 0 Å². The van der Waals surface area contributed by atoms with Crippen LogP contribution in [0.25, 0.3) is 0 Å². The van der Waals surface area contributed by atoms with Gasteiger partial charge in [0.1, 0.15) is 0 Å². The van der Waals surface area contributed by atoms with Gasteiger partial charge in [0.05, 0.1) is 4.90 Å². The molecule has 0 spiro atoms. The van der Waals surface area contributed by atoms with Gasteiger partial charge in [0.25, 0.3) is 0 Å². The van der Waals surface area contributed by atoms with E-state index in [-0.39, 0.29) is 30.8 Å². The number of carboxylic acid groups (broad SMARTS) is 1. The molecule has 0 aliphatic carbocycles. The van der Waals surface area contributed by atoms with Crippen molar-refractivity contribution < 1.29 is 18.3 Å². The van der Waals surface area contributed by atoms with E-state index in [1.807, 2.05) is 6.92 Å². The predicted molar refractivity (Wildman–Crippen MR) is 97.1 cm³/mol. The lowest BCUT2D eigenvalue weighted by Gasteiger charge is -2.22. The van der Waals surface area contributed by atoms with Gasteiger partial charge in [-0.1, -0.05) is 41.4 Å². The van der Waals surface area contributed by atoms with Crippen LogP contribution in [0.4, 0.5) is 0 Å². The number of nitrogens with zero attached hydrogens (tertiary/aromatic N) is 1. The Kier molecular flexibility index (Phi) is 6.58. The summed E-state index contributed by atoms with van der Waals surface area (Å²) < 4.78 is 27.2. The Morgan fingerprint density at radius 2 is 1.68 bits per heavy atom. The molecule has 0 radical (unpaired) electrons. The van der Waals surface area contributed by atoms with Crippen molar-refractivity contribution in [2.24, 2.45) is 0 Å². The summed E-state index contributed by atoms with van der Waals surface area (Å²) in [6, 6.07) is 13.5. The maximum Gasteiger partial charge on any atom is 0.303 e. The van der Waals surface area contributed by atoms with Gasteiger partial charge in [0.2, 0.25) is 10.0 Å². The van der Waals surface area contributed by atoms with E-state index in [0.29, 0.717) is 5.02 Å². The van der Waals surface area contributed by atoms with Gasteiger partial charge in [-0.2, -0.15) is 4.31 Å². The van der Waals surface area contributed by atoms with Crippen molar-refractivity contribution in [3.8, 4) is 0 Å². The van der Waals surface area contributed by atoms with Crippen LogP contribution in [-0.4, -0.2) is 30.3 Å². The molecular formula is C18H20ClNO4S. The van der Waals surface area contributed by atoms with Crippen LogP contribution >= 0.6 is 11.6 Å². The highest BCUT2D eigenvalue weighted by atomic mass is 35.5. The number of halogens is 1. The van der Waals surface area contributed by atoms with Gasteiger partial charge in [-0.25, -0.2) is 8.42 Å². The zero-order valence-corrected chi connectivity index (χ0v) is 15.4. The fourth-order valence-corrected chi connectivity index (χ4v) is 3.94. The Balaban J connectivity index is 2.26. The monoisotopic (exact) mass is 381 g/mol. The van der Waals surface area contributed by atoms with Crippen molar-refractivity contribution in [1.29, 1.82) is 0 Å². The van der Waals surface area contributed by atoms with E-state index in [0.717, 1.165) is 11.1 Å². The first-order valence-corrected chi connectivity index (χ1v) is 9.64. The van der Waals surface area contributed by atoms with Gasteiger partial charge < -0.3 is 5.11 Å². The summed E-state index contributed by atoms with van der Waals surface area (Å²) in [4.78, 5) is 10.9. The highest BCUT2D eigenvalue weighted by Crippen LogP contribution is 2.20. The van der Waals surface area contributed by atoms with E-state index in [9.17, 15) is 13.2 Å². The zero-order chi connectivity index (χ0) is 18.4. The molecule has 0 heterocycles. The molecule has 2 aromatic carbocycles. The number of aryl methyl sites for hydroxylation is 1. The molecule has 0 amide bonds. The standard InChI is InChI=1S/C18H20ClNO4S/c1-14-4-10-17(11-5-14)25(23,24)20(12-2-3-18(21)22)13-15-6-8-16(19)9-7-15/h4-11H,2-3,12-13H2,1H3,(H,21,22). The number of hydrogen-bond donors (Lipinski definition) is 1. The first kappa shape index (κ1) is 19.4. The average molecular weight is 382 g/mol. The van der Waals surface area contributed by atoms with Crippen LogP contribution in [0.5, 0.6) is 0 Å². The second-order valence-corrected chi connectivity index (χ2v) is 8.15. The van der Waals surface area contributed by atoms with Gasteiger partial charge in [-0.05, 0) is 43.2 Å². The maximum atomic E-state index is 12.9. The number of rotatable bonds is 8. The average Bonchev–Trinajstić information content (AvgIpc) is 2.56. The van der Waals surface area contributed by atoms with Crippen molar-refractivity contribution in [2.75, 3.05) is 6.54 Å². The lowest BCUT2D eigenvalue weighted by Crippen LogP contribution is -2.32. The number of benzene rings is 2. The molecule has 25 heavy (non-hydrogen) atoms. The summed E-state index contributed by atoms with van der Waals surface area (Å²) in [5.41, 5.74) is 1.75. The van der Waals surface area contributed by atoms with Crippen molar-refractivity contribution in [3.05, 3.63) is 64.7 Å². The minimum absolute atomic E-state index is 0.0828. The number of sulfonamides is 1. The summed E-state index contributed by atoms with van der Waals surface area (Å²) in [5, 5.41) is 9.39. The first-order chi connectivity index (χ1) is 11.8. The second kappa shape index (κ2) is 8.47. The Labute approximate surface area is 152 Å². The molecule has 0 aliphatic rings. The molecule has 0 bridgehead atoms. The third-order valence-corrected chi connectivity index (χ3v) is 5.84. The van der Waals surface area contributed by atoms with E-state index in [2.05, 4.69) is 0 Å². The number of carbonyl (C=O) groups is 1. The van der Waals surface area contributed by atoms with E-state index in [1.54, 1.807) is 48.5 Å². The molecule has 2 aromatic rings. The minimum atomic E-state index is -3.72. The van der Waals surface area contributed by atoms with Crippen LogP contribution in [0.15, 0.2) is 53.4 Å². The molecule has 0 atom stereocenters.